The van der Waals surface area contributed by atoms with Crippen molar-refractivity contribution in [1.82, 2.24) is 41.9 Å². The van der Waals surface area contributed by atoms with Gasteiger partial charge in [-0.15, -0.1) is 0 Å². The SMILES string of the molecule is CC(=O)N[C@@H](CCC(=O)O)C(=O)N[C@@H](CCC(=O)O)C(=O)N[C@@H](CCC(=O)O)C(=O)N[C@@H](CCC(=O)O)C(=O)N[C@@H](CCCCNC(=O)c1ccnc(-c2cc(C)ccn2)c1)C(N)=O. The maximum absolute atomic E-state index is 13.6. The molecule has 64 heavy (non-hydrogen) atoms. The molecule has 24 heteroatoms. The largest absolute Gasteiger partial charge is 0.481 e. The first-order valence-electron chi connectivity index (χ1n) is 20.0. The van der Waals surface area contributed by atoms with Crippen LogP contribution in [0.5, 0.6) is 0 Å². The number of aliphatic carboxylic acids is 4. The Hall–Kier alpha value is -7.53. The van der Waals surface area contributed by atoms with Gasteiger partial charge in [-0.1, -0.05) is 0 Å². The van der Waals surface area contributed by atoms with Crippen molar-refractivity contribution in [3.8, 4) is 11.4 Å². The number of rotatable bonds is 29. The van der Waals surface area contributed by atoms with Gasteiger partial charge in [0.15, 0.2) is 0 Å². The number of nitrogens with two attached hydrogens (primary N) is 1. The summed E-state index contributed by atoms with van der Waals surface area (Å²) in [5.74, 6) is -12.2. The summed E-state index contributed by atoms with van der Waals surface area (Å²) >= 11 is 0. The first kappa shape index (κ1) is 52.6. The number of nitrogens with zero attached hydrogens (tertiary/aromatic N) is 2. The molecular formula is C40H53N9O15. The third kappa shape index (κ3) is 19.9. The number of amides is 7. The molecule has 2 aromatic rings. The van der Waals surface area contributed by atoms with Crippen LogP contribution in [0.4, 0.5) is 0 Å². The lowest BCUT2D eigenvalue weighted by molar-refractivity contribution is -0.140. The molecule has 7 amide bonds. The molecule has 0 aliphatic rings. The number of carboxylic acid groups (broad SMARTS) is 4. The number of hydrogen-bond acceptors (Lipinski definition) is 13. The predicted octanol–water partition coefficient (Wildman–Crippen LogP) is -1.26. The summed E-state index contributed by atoms with van der Waals surface area (Å²) in [5.41, 5.74) is 7.88. The number of hydrogen-bond donors (Lipinski definition) is 11. The Morgan fingerprint density at radius 3 is 1.33 bits per heavy atom. The zero-order valence-electron chi connectivity index (χ0n) is 35.1. The molecule has 0 radical (unpaired) electrons. The highest BCUT2D eigenvalue weighted by molar-refractivity contribution is 5.97. The third-order valence-electron chi connectivity index (χ3n) is 9.25. The molecule has 0 aromatic carbocycles. The van der Waals surface area contributed by atoms with Gasteiger partial charge in [-0.05, 0) is 81.7 Å². The van der Waals surface area contributed by atoms with Crippen molar-refractivity contribution in [1.29, 1.82) is 0 Å². The van der Waals surface area contributed by atoms with Gasteiger partial charge in [-0.3, -0.25) is 62.7 Å². The maximum atomic E-state index is 13.6. The van der Waals surface area contributed by atoms with Gasteiger partial charge in [-0.2, -0.15) is 0 Å². The molecule has 0 aliphatic carbocycles. The van der Waals surface area contributed by atoms with Gasteiger partial charge < -0.3 is 58.1 Å². The zero-order chi connectivity index (χ0) is 47.9. The number of unbranched alkanes of at least 4 members (excludes halogenated alkanes) is 1. The molecule has 0 bridgehead atoms. The van der Waals surface area contributed by atoms with Crippen LogP contribution in [-0.2, 0) is 47.9 Å². The average Bonchev–Trinajstić information content (AvgIpc) is 3.22. The molecule has 12 N–H and O–H groups in total. The molecule has 348 valence electrons. The van der Waals surface area contributed by atoms with Crippen molar-refractivity contribution in [3.05, 3.63) is 47.8 Å². The normalized spacial score (nSPS) is 13.0. The Balaban J connectivity index is 2.17. The van der Waals surface area contributed by atoms with Crippen LogP contribution in [0.15, 0.2) is 36.7 Å². The highest BCUT2D eigenvalue weighted by Crippen LogP contribution is 2.17. The number of aromatic nitrogens is 2. The van der Waals surface area contributed by atoms with Gasteiger partial charge in [0.2, 0.25) is 35.4 Å². The standard InChI is InChI=1S/C40H53N9O15/c1-21-14-17-42-29(19-21)30-20-23(15-18-43-30)36(60)44-16-4-3-5-24(35(41)59)46-38(62)26(7-11-32(53)54)48-40(64)28(9-13-34(57)58)49-39(63)27(8-12-33(55)56)47-37(61)25(45-22(2)50)6-10-31(51)52/h14-15,17-20,24-28H,3-13,16H2,1-2H3,(H2,41,59)(H,44,60)(H,45,50)(H,46,62)(H,47,61)(H,48,64)(H,49,63)(H,51,52)(H,53,54)(H,55,56)(H,57,58)/t24-,25-,26-,27-,28-/m0/s1. The van der Waals surface area contributed by atoms with Crippen LogP contribution in [0.1, 0.15) is 93.5 Å². The number of primary amides is 1. The summed E-state index contributed by atoms with van der Waals surface area (Å²) in [6, 6.07) is -1.28. The second-order valence-corrected chi connectivity index (χ2v) is 14.5. The summed E-state index contributed by atoms with van der Waals surface area (Å²) in [4.78, 5) is 145. The van der Waals surface area contributed by atoms with E-state index in [0.717, 1.165) is 12.5 Å². The van der Waals surface area contributed by atoms with Crippen molar-refractivity contribution in [3.63, 3.8) is 0 Å². The van der Waals surface area contributed by atoms with E-state index in [0.29, 0.717) is 23.4 Å². The summed E-state index contributed by atoms with van der Waals surface area (Å²) in [5, 5.41) is 51.0. The second-order valence-electron chi connectivity index (χ2n) is 14.5. The zero-order valence-corrected chi connectivity index (χ0v) is 35.1. The fraction of sp³-hybridized carbons (Fsp3) is 0.475. The first-order valence-corrected chi connectivity index (χ1v) is 20.0. The van der Waals surface area contributed by atoms with Crippen LogP contribution in [0.2, 0.25) is 0 Å². The first-order chi connectivity index (χ1) is 30.2. The summed E-state index contributed by atoms with van der Waals surface area (Å²) in [7, 11) is 0. The lowest BCUT2D eigenvalue weighted by Crippen LogP contribution is -2.59. The van der Waals surface area contributed by atoms with Crippen molar-refractivity contribution >= 4 is 65.2 Å². The third-order valence-corrected chi connectivity index (χ3v) is 9.25. The molecule has 0 saturated carbocycles. The molecule has 5 atom stereocenters. The Bertz CT molecular complexity index is 2050. The van der Waals surface area contributed by atoms with Crippen LogP contribution in [0, 0.1) is 6.92 Å². The summed E-state index contributed by atoms with van der Waals surface area (Å²) in [6.45, 7) is 3.08. The minimum atomic E-state index is -1.79. The van der Waals surface area contributed by atoms with E-state index < -0.39 is 147 Å². The monoisotopic (exact) mass is 899 g/mol. The number of pyridine rings is 2. The van der Waals surface area contributed by atoms with E-state index in [1.165, 1.54) is 12.3 Å². The topological polar surface area (TPSA) is 393 Å². The number of carbonyl (C=O) groups is 11. The van der Waals surface area contributed by atoms with E-state index in [9.17, 15) is 68.1 Å². The van der Waals surface area contributed by atoms with Gasteiger partial charge >= 0.3 is 23.9 Å². The van der Waals surface area contributed by atoms with E-state index in [4.69, 9.17) is 10.8 Å². The maximum Gasteiger partial charge on any atom is 0.303 e. The number of carbonyl (C=O) groups excluding carboxylic acids is 7. The van der Waals surface area contributed by atoms with Gasteiger partial charge in [0, 0.05) is 57.1 Å². The molecule has 0 unspecified atom stereocenters. The molecular weight excluding hydrogens is 846 g/mol. The van der Waals surface area contributed by atoms with Crippen LogP contribution in [0.25, 0.3) is 11.4 Å². The lowest BCUT2D eigenvalue weighted by atomic mass is 10.0. The summed E-state index contributed by atoms with van der Waals surface area (Å²) < 4.78 is 0. The minimum absolute atomic E-state index is 0.0468. The van der Waals surface area contributed by atoms with E-state index in [1.807, 2.05) is 19.1 Å². The predicted molar refractivity (Wildman–Crippen MR) is 220 cm³/mol. The molecule has 0 saturated heterocycles. The van der Waals surface area contributed by atoms with Crippen LogP contribution < -0.4 is 37.6 Å². The smallest absolute Gasteiger partial charge is 0.303 e. The Labute approximate surface area is 365 Å². The fourth-order valence-electron chi connectivity index (χ4n) is 5.93. The van der Waals surface area contributed by atoms with E-state index in [1.54, 1.807) is 12.3 Å². The average molecular weight is 900 g/mol. The van der Waals surface area contributed by atoms with E-state index in [2.05, 4.69) is 41.9 Å². The highest BCUT2D eigenvalue weighted by atomic mass is 16.4. The molecule has 24 nitrogen and oxygen atoms in total. The van der Waals surface area contributed by atoms with Crippen molar-refractivity contribution in [2.45, 2.75) is 115 Å². The second kappa shape index (κ2) is 26.7. The van der Waals surface area contributed by atoms with Gasteiger partial charge in [0.1, 0.15) is 30.2 Å². The van der Waals surface area contributed by atoms with Crippen molar-refractivity contribution < 1.29 is 73.2 Å². The Morgan fingerprint density at radius 2 is 0.938 bits per heavy atom. The lowest BCUT2D eigenvalue weighted by Gasteiger charge is -2.26. The Kier molecular flexibility index (Phi) is 22.0. The molecule has 0 fully saturated rings. The fourth-order valence-corrected chi connectivity index (χ4v) is 5.93. The molecule has 0 aliphatic heterocycles. The molecule has 2 heterocycles. The quantitative estimate of drug-likeness (QED) is 0.0425. The van der Waals surface area contributed by atoms with E-state index in [-0.39, 0.29) is 19.4 Å². The van der Waals surface area contributed by atoms with E-state index >= 15 is 0 Å². The molecule has 2 aromatic heterocycles. The van der Waals surface area contributed by atoms with Crippen LogP contribution in [-0.4, -0.2) is 132 Å². The van der Waals surface area contributed by atoms with Gasteiger partial charge in [0.05, 0.1) is 11.4 Å². The number of aryl methyl sites for hydroxylation is 1. The Morgan fingerprint density at radius 1 is 0.547 bits per heavy atom. The number of nitrogens with one attached hydrogen (secondary N) is 6. The van der Waals surface area contributed by atoms with Crippen molar-refractivity contribution in [2.75, 3.05) is 6.54 Å². The van der Waals surface area contributed by atoms with Crippen LogP contribution in [0.3, 0.4) is 0 Å². The van der Waals surface area contributed by atoms with Crippen molar-refractivity contribution in [2.24, 2.45) is 5.73 Å². The minimum Gasteiger partial charge on any atom is -0.481 e. The van der Waals surface area contributed by atoms with Gasteiger partial charge in [-0.25, -0.2) is 0 Å². The number of carboxylic acids is 4. The molecule has 2 rings (SSSR count). The molecule has 0 spiro atoms. The highest BCUT2D eigenvalue weighted by Gasteiger charge is 2.33. The van der Waals surface area contributed by atoms with Crippen LogP contribution >= 0.6 is 0 Å². The van der Waals surface area contributed by atoms with Gasteiger partial charge in [0.25, 0.3) is 5.91 Å². The summed E-state index contributed by atoms with van der Waals surface area (Å²) in [6.07, 6.45) is -1.32.